The number of urea groups is 1. The first-order valence-corrected chi connectivity index (χ1v) is 10.6. The first kappa shape index (κ1) is 20.5. The van der Waals surface area contributed by atoms with Gasteiger partial charge in [0.2, 0.25) is 0 Å². The molecule has 1 saturated heterocycles. The molecule has 0 bridgehead atoms. The fourth-order valence-corrected chi connectivity index (χ4v) is 4.02. The molecule has 2 N–H and O–H groups in total. The third kappa shape index (κ3) is 6.73. The second-order valence-corrected chi connectivity index (χ2v) is 7.99. The summed E-state index contributed by atoms with van der Waals surface area (Å²) in [5, 5.41) is 7.96. The molecule has 0 unspecified atom stereocenters. The molecule has 0 aliphatic carbocycles. The number of benzene rings is 1. The van der Waals surface area contributed by atoms with Crippen molar-refractivity contribution >= 4 is 17.4 Å². The maximum atomic E-state index is 12.0. The highest BCUT2D eigenvalue weighted by Crippen LogP contribution is 2.20. The highest BCUT2D eigenvalue weighted by molar-refractivity contribution is 7.09. The van der Waals surface area contributed by atoms with E-state index in [1.54, 1.807) is 7.11 Å². The Balaban J connectivity index is 1.23. The van der Waals surface area contributed by atoms with Crippen molar-refractivity contribution in [2.45, 2.75) is 19.4 Å². The lowest BCUT2D eigenvalue weighted by atomic mass is 9.97. The van der Waals surface area contributed by atoms with E-state index in [-0.39, 0.29) is 6.03 Å². The van der Waals surface area contributed by atoms with Gasteiger partial charge in [-0.25, -0.2) is 4.79 Å². The lowest BCUT2D eigenvalue weighted by Crippen LogP contribution is -2.42. The van der Waals surface area contributed by atoms with Gasteiger partial charge in [-0.2, -0.15) is 0 Å². The second kappa shape index (κ2) is 10.9. The highest BCUT2D eigenvalue weighted by atomic mass is 32.1. The molecule has 0 radical (unpaired) electrons. The van der Waals surface area contributed by atoms with Crippen molar-refractivity contribution in [1.29, 1.82) is 0 Å². The zero-order valence-electron chi connectivity index (χ0n) is 16.4. The van der Waals surface area contributed by atoms with Crippen molar-refractivity contribution in [3.63, 3.8) is 0 Å². The van der Waals surface area contributed by atoms with Crippen molar-refractivity contribution < 1.29 is 14.3 Å². The van der Waals surface area contributed by atoms with Crippen molar-refractivity contribution in [1.82, 2.24) is 15.5 Å². The average molecular weight is 404 g/mol. The number of thiophene rings is 1. The fraction of sp³-hybridized carbons (Fsp3) is 0.476. The molecule has 0 spiro atoms. The van der Waals surface area contributed by atoms with Gasteiger partial charge in [-0.3, -0.25) is 4.90 Å². The van der Waals surface area contributed by atoms with E-state index in [1.807, 2.05) is 35.6 Å². The molecule has 152 valence electrons. The van der Waals surface area contributed by atoms with Crippen LogP contribution >= 0.6 is 11.3 Å². The van der Waals surface area contributed by atoms with Crippen LogP contribution in [-0.4, -0.2) is 50.8 Å². The molecule has 1 aliphatic rings. The number of likely N-dealkylation sites (tertiary alicyclic amines) is 1. The van der Waals surface area contributed by atoms with Crippen molar-refractivity contribution in [3.05, 3.63) is 46.7 Å². The molecule has 1 aliphatic heterocycles. The number of rotatable bonds is 9. The van der Waals surface area contributed by atoms with Crippen LogP contribution in [0.5, 0.6) is 11.5 Å². The number of piperidine rings is 1. The number of hydrogen-bond acceptors (Lipinski definition) is 5. The summed E-state index contributed by atoms with van der Waals surface area (Å²) in [4.78, 5) is 15.9. The SMILES string of the molecule is COc1ccc(OCCNC(=O)NCC2CCN(Cc3cccs3)CC2)cc1. The van der Waals surface area contributed by atoms with Gasteiger partial charge in [0.25, 0.3) is 0 Å². The third-order valence-corrected chi connectivity index (χ3v) is 5.79. The van der Waals surface area contributed by atoms with Crippen LogP contribution in [0, 0.1) is 5.92 Å². The van der Waals surface area contributed by atoms with Crippen LogP contribution in [0.15, 0.2) is 41.8 Å². The summed E-state index contributed by atoms with van der Waals surface area (Å²) in [5.74, 6) is 2.11. The highest BCUT2D eigenvalue weighted by Gasteiger charge is 2.19. The smallest absolute Gasteiger partial charge is 0.314 e. The zero-order chi connectivity index (χ0) is 19.6. The van der Waals surface area contributed by atoms with E-state index in [4.69, 9.17) is 9.47 Å². The summed E-state index contributed by atoms with van der Waals surface area (Å²) in [5.41, 5.74) is 0. The van der Waals surface area contributed by atoms with Crippen LogP contribution in [0.4, 0.5) is 4.79 Å². The normalized spacial score (nSPS) is 15.2. The molecule has 0 atom stereocenters. The fourth-order valence-electron chi connectivity index (χ4n) is 3.28. The molecule has 6 nitrogen and oxygen atoms in total. The van der Waals surface area contributed by atoms with Crippen LogP contribution in [-0.2, 0) is 6.54 Å². The van der Waals surface area contributed by atoms with Gasteiger partial charge in [0.05, 0.1) is 13.7 Å². The largest absolute Gasteiger partial charge is 0.497 e. The van der Waals surface area contributed by atoms with E-state index < -0.39 is 0 Å². The van der Waals surface area contributed by atoms with Gasteiger partial charge >= 0.3 is 6.03 Å². The molecule has 2 amide bonds. The van der Waals surface area contributed by atoms with Crippen LogP contribution in [0.1, 0.15) is 17.7 Å². The molecule has 2 heterocycles. The van der Waals surface area contributed by atoms with E-state index in [1.165, 1.54) is 4.88 Å². The van der Waals surface area contributed by atoms with E-state index >= 15 is 0 Å². The summed E-state index contributed by atoms with van der Waals surface area (Å²) in [6, 6.07) is 11.6. The monoisotopic (exact) mass is 403 g/mol. The molecule has 3 rings (SSSR count). The minimum atomic E-state index is -0.126. The molecule has 28 heavy (non-hydrogen) atoms. The van der Waals surface area contributed by atoms with Crippen LogP contribution in [0.25, 0.3) is 0 Å². The molecule has 7 heteroatoms. The van der Waals surface area contributed by atoms with Crippen LogP contribution < -0.4 is 20.1 Å². The van der Waals surface area contributed by atoms with E-state index in [0.717, 1.165) is 50.5 Å². The number of carbonyl (C=O) groups excluding carboxylic acids is 1. The van der Waals surface area contributed by atoms with Gasteiger partial charge in [0.15, 0.2) is 0 Å². The Labute approximate surface area is 170 Å². The Hall–Kier alpha value is -2.25. The molecule has 1 aromatic heterocycles. The maximum Gasteiger partial charge on any atom is 0.314 e. The molecular formula is C21H29N3O3S. The van der Waals surface area contributed by atoms with Gasteiger partial charge < -0.3 is 20.1 Å². The van der Waals surface area contributed by atoms with Crippen molar-refractivity contribution in [2.24, 2.45) is 5.92 Å². The lowest BCUT2D eigenvalue weighted by Gasteiger charge is -2.31. The summed E-state index contributed by atoms with van der Waals surface area (Å²) >= 11 is 1.82. The molecule has 1 aromatic carbocycles. The summed E-state index contributed by atoms with van der Waals surface area (Å²) in [6.07, 6.45) is 2.26. The van der Waals surface area contributed by atoms with Crippen molar-refractivity contribution in [3.8, 4) is 11.5 Å². The first-order valence-electron chi connectivity index (χ1n) is 9.76. The number of ether oxygens (including phenoxy) is 2. The van der Waals surface area contributed by atoms with Crippen LogP contribution in [0.3, 0.4) is 0 Å². The second-order valence-electron chi connectivity index (χ2n) is 6.96. The predicted molar refractivity (Wildman–Crippen MR) is 112 cm³/mol. The number of amides is 2. The van der Waals surface area contributed by atoms with Crippen LogP contribution in [0.2, 0.25) is 0 Å². The number of methoxy groups -OCH3 is 1. The summed E-state index contributed by atoms with van der Waals surface area (Å²) in [7, 11) is 1.63. The van der Waals surface area contributed by atoms with Gasteiger partial charge in [-0.15, -0.1) is 11.3 Å². The van der Waals surface area contributed by atoms with E-state index in [2.05, 4.69) is 33.0 Å². The Morgan fingerprint density at radius 1 is 1.14 bits per heavy atom. The quantitative estimate of drug-likeness (QED) is 0.631. The van der Waals surface area contributed by atoms with Gasteiger partial charge in [0.1, 0.15) is 18.1 Å². The Kier molecular flexibility index (Phi) is 7.99. The summed E-state index contributed by atoms with van der Waals surface area (Å²) < 4.78 is 10.7. The average Bonchev–Trinajstić information content (AvgIpc) is 3.24. The Morgan fingerprint density at radius 2 is 1.89 bits per heavy atom. The predicted octanol–water partition coefficient (Wildman–Crippen LogP) is 3.35. The Morgan fingerprint density at radius 3 is 2.57 bits per heavy atom. The number of nitrogens with one attached hydrogen (secondary N) is 2. The Bertz CT molecular complexity index is 698. The number of carbonyl (C=O) groups is 1. The number of hydrogen-bond donors (Lipinski definition) is 2. The maximum absolute atomic E-state index is 12.0. The molecule has 2 aromatic rings. The number of nitrogens with zero attached hydrogens (tertiary/aromatic N) is 1. The minimum Gasteiger partial charge on any atom is -0.497 e. The summed E-state index contributed by atoms with van der Waals surface area (Å²) in [6.45, 7) is 4.88. The molecule has 0 saturated carbocycles. The molecular weight excluding hydrogens is 374 g/mol. The van der Waals surface area contributed by atoms with Gasteiger partial charge in [-0.1, -0.05) is 6.07 Å². The lowest BCUT2D eigenvalue weighted by molar-refractivity contribution is 0.176. The topological polar surface area (TPSA) is 62.8 Å². The van der Waals surface area contributed by atoms with E-state index in [9.17, 15) is 4.79 Å². The first-order chi connectivity index (χ1) is 13.7. The van der Waals surface area contributed by atoms with Gasteiger partial charge in [0, 0.05) is 18.0 Å². The zero-order valence-corrected chi connectivity index (χ0v) is 17.2. The minimum absolute atomic E-state index is 0.126. The van der Waals surface area contributed by atoms with E-state index in [0.29, 0.717) is 19.1 Å². The van der Waals surface area contributed by atoms with Gasteiger partial charge in [-0.05, 0) is 67.6 Å². The standard InChI is InChI=1S/C21H29N3O3S/c1-26-18-4-6-19(7-5-18)27-13-10-22-21(25)23-15-17-8-11-24(12-9-17)16-20-3-2-14-28-20/h2-7,14,17H,8-13,15-16H2,1H3,(H2,22,23,25). The van der Waals surface area contributed by atoms with Crippen molar-refractivity contribution in [2.75, 3.05) is 39.9 Å². The molecule has 1 fully saturated rings. The third-order valence-electron chi connectivity index (χ3n) is 4.93.